The van der Waals surface area contributed by atoms with Crippen molar-refractivity contribution in [1.29, 1.82) is 0 Å². The Morgan fingerprint density at radius 3 is 3.00 bits per heavy atom. The topological polar surface area (TPSA) is 12.4 Å². The lowest BCUT2D eigenvalue weighted by atomic mass is 9.94. The van der Waals surface area contributed by atoms with Gasteiger partial charge >= 0.3 is 0 Å². The van der Waals surface area contributed by atoms with Crippen molar-refractivity contribution in [3.05, 3.63) is 0 Å². The smallest absolute Gasteiger partial charge is 0.0388 e. The van der Waals surface area contributed by atoms with E-state index in [4.69, 9.17) is 0 Å². The number of hydrogen-bond acceptors (Lipinski definition) is 1. The quantitative estimate of drug-likeness (QED) is 0.550. The SMILES string of the molecule is CCCCCC1CC=NCC1. The van der Waals surface area contributed by atoms with Crippen LogP contribution in [0.25, 0.3) is 0 Å². The third kappa shape index (κ3) is 3.54. The van der Waals surface area contributed by atoms with Crippen LogP contribution in [0.1, 0.15) is 45.4 Å². The third-order valence-corrected chi connectivity index (χ3v) is 2.45. The van der Waals surface area contributed by atoms with E-state index < -0.39 is 0 Å². The average Bonchev–Trinajstić information content (AvgIpc) is 2.07. The van der Waals surface area contributed by atoms with Gasteiger partial charge in [-0.15, -0.1) is 0 Å². The standard InChI is InChI=1S/C10H19N/c1-2-3-4-5-10-6-8-11-9-7-10/h8,10H,2-7,9H2,1H3. The Hall–Kier alpha value is -0.330. The molecular formula is C10H19N. The van der Waals surface area contributed by atoms with Gasteiger partial charge in [-0.25, -0.2) is 0 Å². The molecule has 1 rings (SSSR count). The van der Waals surface area contributed by atoms with E-state index in [0.717, 1.165) is 12.5 Å². The summed E-state index contributed by atoms with van der Waals surface area (Å²) < 4.78 is 0. The second-order valence-corrected chi connectivity index (χ2v) is 3.47. The van der Waals surface area contributed by atoms with Gasteiger partial charge in [0.05, 0.1) is 0 Å². The fourth-order valence-corrected chi connectivity index (χ4v) is 1.64. The number of unbranched alkanes of at least 4 members (excludes halogenated alkanes) is 2. The molecule has 0 spiro atoms. The molecule has 0 aromatic heterocycles. The van der Waals surface area contributed by atoms with Crippen LogP contribution in [0.3, 0.4) is 0 Å². The lowest BCUT2D eigenvalue weighted by molar-refractivity contribution is 0.439. The van der Waals surface area contributed by atoms with E-state index in [1.54, 1.807) is 0 Å². The molecule has 0 radical (unpaired) electrons. The number of aliphatic imine (C=N–C) groups is 1. The first kappa shape index (κ1) is 8.76. The van der Waals surface area contributed by atoms with Crippen LogP contribution in [-0.4, -0.2) is 12.8 Å². The summed E-state index contributed by atoms with van der Waals surface area (Å²) >= 11 is 0. The molecule has 0 fully saturated rings. The molecule has 0 saturated carbocycles. The molecule has 0 aromatic carbocycles. The summed E-state index contributed by atoms with van der Waals surface area (Å²) in [4.78, 5) is 4.23. The van der Waals surface area contributed by atoms with Crippen molar-refractivity contribution in [3.63, 3.8) is 0 Å². The van der Waals surface area contributed by atoms with Gasteiger partial charge in [0.25, 0.3) is 0 Å². The maximum atomic E-state index is 4.23. The minimum atomic E-state index is 0.957. The van der Waals surface area contributed by atoms with E-state index in [2.05, 4.69) is 18.1 Å². The highest BCUT2D eigenvalue weighted by Crippen LogP contribution is 2.18. The van der Waals surface area contributed by atoms with Crippen LogP contribution in [0.2, 0.25) is 0 Å². The summed E-state index contributed by atoms with van der Waals surface area (Å²) in [5, 5.41) is 0. The normalized spacial score (nSPS) is 23.9. The van der Waals surface area contributed by atoms with Crippen LogP contribution >= 0.6 is 0 Å². The molecule has 0 saturated heterocycles. The molecule has 0 aromatic rings. The van der Waals surface area contributed by atoms with Gasteiger partial charge in [-0.2, -0.15) is 0 Å². The van der Waals surface area contributed by atoms with Crippen molar-refractivity contribution >= 4 is 6.21 Å². The van der Waals surface area contributed by atoms with E-state index >= 15 is 0 Å². The third-order valence-electron chi connectivity index (χ3n) is 2.45. The number of rotatable bonds is 4. The van der Waals surface area contributed by atoms with Gasteiger partial charge in [-0.1, -0.05) is 32.6 Å². The molecule has 64 valence electrons. The van der Waals surface area contributed by atoms with Gasteiger partial charge in [-0.3, -0.25) is 4.99 Å². The summed E-state index contributed by atoms with van der Waals surface area (Å²) in [6, 6.07) is 0. The van der Waals surface area contributed by atoms with Gasteiger partial charge < -0.3 is 0 Å². The van der Waals surface area contributed by atoms with E-state index in [-0.39, 0.29) is 0 Å². The molecule has 1 heteroatoms. The maximum absolute atomic E-state index is 4.23. The minimum Gasteiger partial charge on any atom is -0.298 e. The summed E-state index contributed by atoms with van der Waals surface area (Å²) in [6.07, 6.45) is 10.3. The zero-order chi connectivity index (χ0) is 7.94. The fraction of sp³-hybridized carbons (Fsp3) is 0.900. The first-order valence-corrected chi connectivity index (χ1v) is 4.91. The highest BCUT2D eigenvalue weighted by atomic mass is 14.7. The summed E-state index contributed by atoms with van der Waals surface area (Å²) in [5.74, 6) is 0.957. The Labute approximate surface area is 69.9 Å². The summed E-state index contributed by atoms with van der Waals surface area (Å²) in [6.45, 7) is 3.35. The van der Waals surface area contributed by atoms with Gasteiger partial charge in [-0.05, 0) is 25.0 Å². The van der Waals surface area contributed by atoms with Crippen LogP contribution in [-0.2, 0) is 0 Å². The molecule has 0 N–H and O–H groups in total. The molecule has 1 aliphatic heterocycles. The molecule has 1 nitrogen and oxygen atoms in total. The van der Waals surface area contributed by atoms with Gasteiger partial charge in [0.2, 0.25) is 0 Å². The molecule has 11 heavy (non-hydrogen) atoms. The van der Waals surface area contributed by atoms with Crippen molar-refractivity contribution in [3.8, 4) is 0 Å². The van der Waals surface area contributed by atoms with Crippen LogP contribution in [0.4, 0.5) is 0 Å². The monoisotopic (exact) mass is 153 g/mol. The van der Waals surface area contributed by atoms with E-state index in [1.165, 1.54) is 38.5 Å². The van der Waals surface area contributed by atoms with Crippen LogP contribution in [0.5, 0.6) is 0 Å². The first-order chi connectivity index (χ1) is 5.43. The van der Waals surface area contributed by atoms with Crippen molar-refractivity contribution in [1.82, 2.24) is 0 Å². The minimum absolute atomic E-state index is 0.957. The summed E-state index contributed by atoms with van der Waals surface area (Å²) in [5.41, 5.74) is 0. The van der Waals surface area contributed by atoms with Crippen LogP contribution in [0, 0.1) is 5.92 Å². The lowest BCUT2D eigenvalue weighted by Crippen LogP contribution is -2.08. The molecule has 1 unspecified atom stereocenters. The van der Waals surface area contributed by atoms with E-state index in [1.807, 2.05) is 0 Å². The van der Waals surface area contributed by atoms with Crippen LogP contribution in [0.15, 0.2) is 4.99 Å². The zero-order valence-corrected chi connectivity index (χ0v) is 7.55. The Kier molecular flexibility index (Phi) is 4.25. The lowest BCUT2D eigenvalue weighted by Gasteiger charge is -2.16. The van der Waals surface area contributed by atoms with Crippen molar-refractivity contribution in [2.24, 2.45) is 10.9 Å². The van der Waals surface area contributed by atoms with Crippen molar-refractivity contribution < 1.29 is 0 Å². The second kappa shape index (κ2) is 5.34. The second-order valence-electron chi connectivity index (χ2n) is 3.47. The number of hydrogen-bond donors (Lipinski definition) is 0. The molecule has 0 aliphatic carbocycles. The van der Waals surface area contributed by atoms with Crippen LogP contribution < -0.4 is 0 Å². The molecule has 1 aliphatic rings. The predicted molar refractivity (Wildman–Crippen MR) is 50.2 cm³/mol. The maximum Gasteiger partial charge on any atom is 0.0388 e. The molecule has 0 bridgehead atoms. The first-order valence-electron chi connectivity index (χ1n) is 4.91. The zero-order valence-electron chi connectivity index (χ0n) is 7.55. The highest BCUT2D eigenvalue weighted by Gasteiger charge is 2.08. The van der Waals surface area contributed by atoms with Crippen molar-refractivity contribution in [2.75, 3.05) is 6.54 Å². The van der Waals surface area contributed by atoms with E-state index in [0.29, 0.717) is 0 Å². The van der Waals surface area contributed by atoms with Crippen molar-refractivity contribution in [2.45, 2.75) is 45.4 Å². The predicted octanol–water partition coefficient (Wildman–Crippen LogP) is 3.05. The molecule has 1 atom stereocenters. The number of nitrogens with zero attached hydrogens (tertiary/aromatic N) is 1. The largest absolute Gasteiger partial charge is 0.298 e. The highest BCUT2D eigenvalue weighted by molar-refractivity contribution is 5.58. The van der Waals surface area contributed by atoms with Gasteiger partial charge in [0.15, 0.2) is 0 Å². The Morgan fingerprint density at radius 2 is 2.36 bits per heavy atom. The molecule has 1 heterocycles. The van der Waals surface area contributed by atoms with E-state index in [9.17, 15) is 0 Å². The average molecular weight is 153 g/mol. The molecular weight excluding hydrogens is 134 g/mol. The fourth-order valence-electron chi connectivity index (χ4n) is 1.64. The Balaban J connectivity index is 2.02. The summed E-state index contributed by atoms with van der Waals surface area (Å²) in [7, 11) is 0. The molecule has 0 amide bonds. The Bertz CT molecular complexity index is 118. The Morgan fingerprint density at radius 1 is 1.45 bits per heavy atom. The van der Waals surface area contributed by atoms with Gasteiger partial charge in [0, 0.05) is 6.54 Å². The van der Waals surface area contributed by atoms with Gasteiger partial charge in [0.1, 0.15) is 0 Å².